The van der Waals surface area contributed by atoms with E-state index < -0.39 is 53.1 Å². The number of nitrogens with zero attached hydrogens (tertiary/aromatic N) is 1. The second kappa shape index (κ2) is 83.7. The van der Waals surface area contributed by atoms with Gasteiger partial charge in [-0.05, 0) is 94.3 Å². The monoisotopic (exact) mass is 1190 g/mol. The highest BCUT2D eigenvalue weighted by atomic mass is 16.7. The van der Waals surface area contributed by atoms with E-state index in [1.807, 2.05) is 12.1 Å². The van der Waals surface area contributed by atoms with Gasteiger partial charge in [0.05, 0.1) is 43.7 Å². The van der Waals surface area contributed by atoms with E-state index in [2.05, 4.69) is 11.0 Å². The lowest BCUT2D eigenvalue weighted by Crippen LogP contribution is -2.49. The molecule has 0 radical (unpaired) electrons. The van der Waals surface area contributed by atoms with Gasteiger partial charge in [-0.3, -0.25) is 9.69 Å². The number of carbonyl (C=O) groups is 4. The van der Waals surface area contributed by atoms with Crippen LogP contribution in [0.4, 0.5) is 0 Å². The number of esters is 2. The van der Waals surface area contributed by atoms with Gasteiger partial charge in [-0.15, -0.1) is 0 Å². The van der Waals surface area contributed by atoms with Gasteiger partial charge in [0.25, 0.3) is 0 Å². The highest BCUT2D eigenvalue weighted by Gasteiger charge is 2.59. The summed E-state index contributed by atoms with van der Waals surface area (Å²) in [6.45, 7) is 5.21. The first kappa shape index (κ1) is 202. The number of aliphatic carboxylic acids is 2. The number of carboxylic acid groups (broad SMARTS) is 2. The molecule has 0 saturated carbocycles. The minimum Gasteiger partial charge on any atom is -0.545 e. The molecule has 1 spiro atoms. The number of methoxy groups -OCH3 is 2. The predicted molar refractivity (Wildman–Crippen MR) is 383 cm³/mol. The summed E-state index contributed by atoms with van der Waals surface area (Å²) in [7, 11) is 2.76. The molecule has 4 aliphatic rings. The molecule has 1 saturated heterocycles. The number of carbonyl (C=O) groups excluding carboxylic acids is 3. The maximum Gasteiger partial charge on any atom is 0.339 e. The van der Waals surface area contributed by atoms with Crippen LogP contribution in [0.1, 0.15) is 314 Å². The summed E-state index contributed by atoms with van der Waals surface area (Å²) in [5, 5.41) is 38.9. The van der Waals surface area contributed by atoms with Crippen molar-refractivity contribution in [1.29, 1.82) is 0 Å². The van der Waals surface area contributed by atoms with Crippen molar-refractivity contribution in [2.45, 2.75) is 333 Å². The summed E-state index contributed by atoms with van der Waals surface area (Å²) in [4.78, 5) is 47.4. The maximum absolute atomic E-state index is 13.8. The van der Waals surface area contributed by atoms with Crippen LogP contribution in [0, 0.1) is 0 Å². The summed E-state index contributed by atoms with van der Waals surface area (Å²) >= 11 is 0. The molecule has 14 nitrogen and oxygen atoms in total. The summed E-state index contributed by atoms with van der Waals surface area (Å²) in [5.41, 5.74) is -1.42. The number of ether oxygens (including phenoxy) is 5. The first-order valence-electron chi connectivity index (χ1n) is 15.4. The molecule has 522 valence electrons. The SMILES string of the molecule is C.C.C.C.C.C.C.C.C.C.C.C.C.C.C.C.C.C.C.C.C.C.C.C.C.C.C.C.C.C.C.C.C.COC(=O)C[C@@](O)(CCCC(C)(C)O)C(=O)O[C@@H]1C(OC)=C[C@]23CCCN2CCc2cc4c(cc2[C@H]13)OCO4.O=C([O-])/C=C/C(=O)O. The number of fused-ring (bicyclic) bond motifs is 3. The highest BCUT2D eigenvalue weighted by Crippen LogP contribution is 2.55. The Morgan fingerprint density at radius 1 is 0.650 bits per heavy atom. The number of hydrogen-bond acceptors (Lipinski definition) is 13. The Kier molecular flexibility index (Phi) is 211. The number of rotatable bonds is 11. The second-order valence-corrected chi connectivity index (χ2v) is 12.7. The van der Waals surface area contributed by atoms with E-state index in [9.17, 15) is 34.5 Å². The molecule has 0 aromatic heterocycles. The molecular weight excluding hydrogens is 1010 g/mol. The molecule has 1 aliphatic carbocycles. The lowest BCUT2D eigenvalue weighted by Gasteiger charge is -2.39. The maximum atomic E-state index is 13.8. The molecule has 0 unspecified atom stereocenters. The van der Waals surface area contributed by atoms with Gasteiger partial charge < -0.3 is 48.9 Å². The fourth-order valence-corrected chi connectivity index (χ4v) is 6.85. The predicted octanol–water partition coefficient (Wildman–Crippen LogP) is 21.9. The van der Waals surface area contributed by atoms with E-state index in [0.717, 1.165) is 43.5 Å². The van der Waals surface area contributed by atoms with Crippen LogP contribution in [0.15, 0.2) is 36.1 Å². The topological polar surface area (TPSA) is 201 Å². The number of aliphatic hydroxyl groups is 2. The van der Waals surface area contributed by atoms with Crippen molar-refractivity contribution >= 4 is 23.9 Å². The standard InChI is InChI=1S/C29H39NO9.C4H4O4.33CH4/c1-27(2,33)8-5-10-29(34,16-23(31)36-4)26(32)39-25-22(35-3)15-28-9-6-11-30(28)12-7-18-13-20-21(38-17-37-20)14-19(18)24(25)28;5-3(6)1-2-4(7)8;;;;;;;;;;;;;;;;;;;;;;;;;;;;;;;;;/h13-15,24-25,33-34H,5-12,16-17H2,1-4H3;1-2H,(H,5,6)(H,7,8);33*1H4/p-1/b;2-1+;;;;;;;;;;;;;;;;;;;;;;;;;;;;;;;;;/t24-,25-,28+,29+;;;;;;;;;;;;;;;;;;;;;;;;;;;;;;;;;;/m1................................../s1. The smallest absolute Gasteiger partial charge is 0.339 e. The van der Waals surface area contributed by atoms with Crippen LogP contribution in [0.25, 0.3) is 0 Å². The Morgan fingerprint density at radius 2 is 1.06 bits per heavy atom. The average Bonchev–Trinajstić information content (AvgIpc) is 3.69. The van der Waals surface area contributed by atoms with Crippen molar-refractivity contribution in [3.8, 4) is 11.5 Å². The van der Waals surface area contributed by atoms with Crippen LogP contribution in [0.5, 0.6) is 11.5 Å². The van der Waals surface area contributed by atoms with E-state index >= 15 is 0 Å². The Morgan fingerprint density at radius 3 is 1.41 bits per heavy atom. The first-order chi connectivity index (χ1) is 22.1. The number of carboxylic acids is 2. The van der Waals surface area contributed by atoms with Crippen LogP contribution in [-0.4, -0.2) is 101 Å². The fraction of sp³-hybridized carbons (Fsp3) is 0.788. The molecule has 0 amide bonds. The summed E-state index contributed by atoms with van der Waals surface area (Å²) in [6, 6.07) is 4.00. The molecule has 80 heavy (non-hydrogen) atoms. The zero-order chi connectivity index (χ0) is 34.6. The zero-order valence-corrected chi connectivity index (χ0v) is 27.0. The van der Waals surface area contributed by atoms with Crippen LogP contribution < -0.4 is 14.6 Å². The third-order valence-corrected chi connectivity index (χ3v) is 8.98. The largest absolute Gasteiger partial charge is 0.545 e. The Balaban J connectivity index is -0.0000000205. The third kappa shape index (κ3) is 47.5. The normalized spacial score (nSPS) is 14.1. The molecule has 3 aliphatic heterocycles. The molecule has 1 aromatic rings. The summed E-state index contributed by atoms with van der Waals surface area (Å²) in [6.07, 6.45) is 4.88. The van der Waals surface area contributed by atoms with Crippen molar-refractivity contribution < 1.29 is 63.3 Å². The van der Waals surface area contributed by atoms with Gasteiger partial charge in [0.15, 0.2) is 23.2 Å². The van der Waals surface area contributed by atoms with Gasteiger partial charge in [-0.1, -0.05) is 245 Å². The molecule has 1 aromatic carbocycles. The lowest BCUT2D eigenvalue weighted by molar-refractivity contribution is -0.297. The lowest BCUT2D eigenvalue weighted by atomic mass is 9.77. The van der Waals surface area contributed by atoms with Gasteiger partial charge in [-0.25, -0.2) is 9.59 Å². The van der Waals surface area contributed by atoms with Crippen LogP contribution >= 0.6 is 0 Å². The van der Waals surface area contributed by atoms with Gasteiger partial charge in [0.2, 0.25) is 6.79 Å². The highest BCUT2D eigenvalue weighted by molar-refractivity contribution is 5.88. The van der Waals surface area contributed by atoms with E-state index in [1.165, 1.54) is 7.11 Å². The van der Waals surface area contributed by atoms with Gasteiger partial charge in [0, 0.05) is 12.6 Å². The molecule has 5 rings (SSSR count). The molecule has 3 N–H and O–H groups in total. The van der Waals surface area contributed by atoms with Crippen molar-refractivity contribution in [3.63, 3.8) is 0 Å². The van der Waals surface area contributed by atoms with E-state index in [0.29, 0.717) is 42.3 Å². The molecular formula is C66H174NO13-. The zero-order valence-electron chi connectivity index (χ0n) is 27.0. The number of benzene rings is 1. The van der Waals surface area contributed by atoms with E-state index in [-0.39, 0.29) is 264 Å². The Hall–Kier alpha value is -4.14. The molecule has 3 heterocycles. The van der Waals surface area contributed by atoms with Crippen LogP contribution in [0.2, 0.25) is 0 Å². The Bertz CT molecular complexity index is 1430. The van der Waals surface area contributed by atoms with Gasteiger partial charge >= 0.3 is 17.9 Å². The van der Waals surface area contributed by atoms with Crippen molar-refractivity contribution in [2.24, 2.45) is 0 Å². The average molecular weight is 1190 g/mol. The first-order valence-corrected chi connectivity index (χ1v) is 15.4. The minimum absolute atomic E-state index is 0. The quantitative estimate of drug-likeness (QED) is 0.139. The van der Waals surface area contributed by atoms with Crippen LogP contribution in [0.3, 0.4) is 0 Å². The molecule has 0 bridgehead atoms. The Labute approximate surface area is 515 Å². The summed E-state index contributed by atoms with van der Waals surface area (Å²) < 4.78 is 28.1. The van der Waals surface area contributed by atoms with Crippen LogP contribution in [-0.2, 0) is 39.8 Å². The molecule has 1 fully saturated rings. The van der Waals surface area contributed by atoms with Gasteiger partial charge in [0.1, 0.15) is 5.76 Å². The van der Waals surface area contributed by atoms with E-state index in [1.54, 1.807) is 21.0 Å². The minimum atomic E-state index is -2.12. The van der Waals surface area contributed by atoms with Gasteiger partial charge in [-0.2, -0.15) is 0 Å². The molecule has 4 atom stereocenters. The second-order valence-electron chi connectivity index (χ2n) is 12.7. The van der Waals surface area contributed by atoms with Crippen molar-refractivity contribution in [3.05, 3.63) is 47.2 Å². The summed E-state index contributed by atoms with van der Waals surface area (Å²) in [5.74, 6) is -2.87. The van der Waals surface area contributed by atoms with Crippen molar-refractivity contribution in [1.82, 2.24) is 4.90 Å². The number of hydrogen-bond donors (Lipinski definition) is 3. The third-order valence-electron chi connectivity index (χ3n) is 8.98. The fourth-order valence-electron chi connectivity index (χ4n) is 6.85. The molecule has 14 heteroatoms. The van der Waals surface area contributed by atoms with E-state index in [4.69, 9.17) is 28.8 Å². The van der Waals surface area contributed by atoms with Crippen molar-refractivity contribution in [2.75, 3.05) is 34.1 Å².